The van der Waals surface area contributed by atoms with E-state index in [1.807, 2.05) is 30.3 Å². The van der Waals surface area contributed by atoms with Gasteiger partial charge >= 0.3 is 0 Å². The summed E-state index contributed by atoms with van der Waals surface area (Å²) in [5, 5.41) is 0. The molecule has 2 aromatic rings. The predicted molar refractivity (Wildman–Crippen MR) is 82.6 cm³/mol. The lowest BCUT2D eigenvalue weighted by Crippen LogP contribution is -2.39. The van der Waals surface area contributed by atoms with Crippen molar-refractivity contribution in [1.82, 2.24) is 4.98 Å². The van der Waals surface area contributed by atoms with E-state index in [9.17, 15) is 8.42 Å². The molecule has 1 aromatic carbocycles. The van der Waals surface area contributed by atoms with Crippen LogP contribution >= 0.6 is 0 Å². The Morgan fingerprint density at radius 3 is 2.33 bits per heavy atom. The van der Waals surface area contributed by atoms with Crippen LogP contribution in [0.25, 0.3) is 0 Å². The molecule has 0 spiro atoms. The molecule has 5 heteroatoms. The van der Waals surface area contributed by atoms with Gasteiger partial charge in [-0.2, -0.15) is 0 Å². The summed E-state index contributed by atoms with van der Waals surface area (Å²) in [7, 11) is -3.57. The molecule has 0 atom stereocenters. The van der Waals surface area contributed by atoms with Gasteiger partial charge in [0.2, 0.25) is 0 Å². The van der Waals surface area contributed by atoms with Crippen molar-refractivity contribution in [3.63, 3.8) is 0 Å². The first kappa shape index (κ1) is 14.1. The minimum absolute atomic E-state index is 0.0395. The number of hydrogen-bond acceptors (Lipinski definition) is 3. The average molecular weight is 302 g/mol. The summed E-state index contributed by atoms with van der Waals surface area (Å²) in [6.07, 6.45) is 6.98. The first-order valence-corrected chi connectivity index (χ1v) is 8.63. The van der Waals surface area contributed by atoms with Crippen LogP contribution in [-0.4, -0.2) is 19.4 Å². The highest BCUT2D eigenvalue weighted by atomic mass is 32.2. The number of hydrogen-bond donors (Lipinski definition) is 0. The molecule has 0 radical (unpaired) electrons. The molecule has 0 N–H and O–H groups in total. The lowest BCUT2D eigenvalue weighted by molar-refractivity contribution is 0.574. The summed E-state index contributed by atoms with van der Waals surface area (Å²) >= 11 is 0. The first-order valence-electron chi connectivity index (χ1n) is 7.19. The van der Waals surface area contributed by atoms with Gasteiger partial charge in [0, 0.05) is 18.4 Å². The number of aromatic nitrogens is 1. The third-order valence-electron chi connectivity index (χ3n) is 3.86. The highest BCUT2D eigenvalue weighted by Gasteiger charge is 2.33. The molecule has 1 fully saturated rings. The van der Waals surface area contributed by atoms with Crippen molar-refractivity contribution in [3.05, 3.63) is 54.9 Å². The molecule has 1 aliphatic rings. The molecular formula is C16H18N2O2S. The molecule has 4 nitrogen and oxygen atoms in total. The number of rotatable bonds is 4. The fourth-order valence-electron chi connectivity index (χ4n) is 2.87. The zero-order chi connectivity index (χ0) is 14.7. The topological polar surface area (TPSA) is 50.3 Å². The largest absolute Gasteiger partial charge is 0.266 e. The van der Waals surface area contributed by atoms with Gasteiger partial charge in [-0.1, -0.05) is 31.0 Å². The maximum atomic E-state index is 13.0. The minimum atomic E-state index is -3.57. The van der Waals surface area contributed by atoms with Crippen molar-refractivity contribution in [2.24, 2.45) is 0 Å². The molecular weight excluding hydrogens is 284 g/mol. The molecule has 0 bridgehead atoms. The molecule has 0 unspecified atom stereocenters. The van der Waals surface area contributed by atoms with E-state index in [1.165, 1.54) is 6.20 Å². The third-order valence-corrected chi connectivity index (χ3v) is 5.72. The van der Waals surface area contributed by atoms with Crippen LogP contribution in [0.3, 0.4) is 0 Å². The summed E-state index contributed by atoms with van der Waals surface area (Å²) in [6, 6.07) is 12.6. The van der Waals surface area contributed by atoms with Crippen LogP contribution in [0.5, 0.6) is 0 Å². The average Bonchev–Trinajstić information content (AvgIpc) is 3.03. The van der Waals surface area contributed by atoms with Crippen molar-refractivity contribution < 1.29 is 8.42 Å². The van der Waals surface area contributed by atoms with Crippen LogP contribution in [0, 0.1) is 0 Å². The molecule has 21 heavy (non-hydrogen) atoms. The molecule has 1 aliphatic carbocycles. The minimum Gasteiger partial charge on any atom is -0.263 e. The Labute approximate surface area is 125 Å². The fraction of sp³-hybridized carbons (Fsp3) is 0.312. The van der Waals surface area contributed by atoms with E-state index < -0.39 is 10.0 Å². The van der Waals surface area contributed by atoms with Crippen molar-refractivity contribution in [1.29, 1.82) is 0 Å². The Bertz CT molecular complexity index is 681. The highest BCUT2D eigenvalue weighted by molar-refractivity contribution is 7.92. The molecule has 0 saturated heterocycles. The molecule has 1 aromatic heterocycles. The SMILES string of the molecule is O=S(=O)(c1cccnc1)N(c1ccccc1)C1CCCC1. The maximum absolute atomic E-state index is 13.0. The summed E-state index contributed by atoms with van der Waals surface area (Å²) < 4.78 is 27.6. The van der Waals surface area contributed by atoms with Crippen LogP contribution in [0.1, 0.15) is 25.7 Å². The summed E-state index contributed by atoms with van der Waals surface area (Å²) in [4.78, 5) is 4.20. The summed E-state index contributed by atoms with van der Waals surface area (Å²) in [5.41, 5.74) is 0.730. The first-order chi connectivity index (χ1) is 10.2. The lowest BCUT2D eigenvalue weighted by atomic mass is 10.2. The normalized spacial score (nSPS) is 16.0. The number of para-hydroxylation sites is 1. The van der Waals surface area contributed by atoms with Gasteiger partial charge in [0.05, 0.1) is 5.69 Å². The quantitative estimate of drug-likeness (QED) is 0.871. The second-order valence-corrected chi connectivity index (χ2v) is 7.08. The van der Waals surface area contributed by atoms with Crippen molar-refractivity contribution in [2.45, 2.75) is 36.6 Å². The van der Waals surface area contributed by atoms with E-state index >= 15 is 0 Å². The van der Waals surface area contributed by atoms with E-state index in [1.54, 1.807) is 22.6 Å². The second kappa shape index (κ2) is 5.85. The Hall–Kier alpha value is -1.88. The standard InChI is InChI=1S/C16H18N2O2S/c19-21(20,16-11-6-12-17-13-16)18(15-9-4-5-10-15)14-7-2-1-3-8-14/h1-3,6-8,11-13,15H,4-5,9-10H2. The highest BCUT2D eigenvalue weighted by Crippen LogP contribution is 2.33. The van der Waals surface area contributed by atoms with E-state index in [0.717, 1.165) is 31.4 Å². The van der Waals surface area contributed by atoms with Gasteiger partial charge in [-0.25, -0.2) is 8.42 Å². The number of sulfonamides is 1. The molecule has 0 amide bonds. The molecule has 110 valence electrons. The molecule has 0 aliphatic heterocycles. The van der Waals surface area contributed by atoms with E-state index in [2.05, 4.69) is 4.98 Å². The Morgan fingerprint density at radius 2 is 1.71 bits per heavy atom. The monoisotopic (exact) mass is 302 g/mol. The van der Waals surface area contributed by atoms with Gasteiger partial charge in [-0.3, -0.25) is 9.29 Å². The van der Waals surface area contributed by atoms with Gasteiger partial charge in [-0.15, -0.1) is 0 Å². The van der Waals surface area contributed by atoms with Crippen LogP contribution in [0.2, 0.25) is 0 Å². The van der Waals surface area contributed by atoms with E-state index in [4.69, 9.17) is 0 Å². The third kappa shape index (κ3) is 2.78. The molecule has 3 rings (SSSR count). The Morgan fingerprint density at radius 1 is 1.00 bits per heavy atom. The molecule has 1 heterocycles. The zero-order valence-electron chi connectivity index (χ0n) is 11.7. The van der Waals surface area contributed by atoms with E-state index in [0.29, 0.717) is 0 Å². The smallest absolute Gasteiger partial charge is 0.263 e. The van der Waals surface area contributed by atoms with Crippen LogP contribution in [0.15, 0.2) is 59.8 Å². The van der Waals surface area contributed by atoms with Gasteiger partial charge < -0.3 is 0 Å². The van der Waals surface area contributed by atoms with Crippen LogP contribution in [-0.2, 0) is 10.0 Å². The van der Waals surface area contributed by atoms with Crippen molar-refractivity contribution >= 4 is 15.7 Å². The number of anilines is 1. The number of pyridine rings is 1. The Kier molecular flexibility index (Phi) is 3.92. The second-order valence-electron chi connectivity index (χ2n) is 5.26. The summed E-state index contributed by atoms with van der Waals surface area (Å²) in [6.45, 7) is 0. The Balaban J connectivity index is 2.07. The fourth-order valence-corrected chi connectivity index (χ4v) is 4.55. The predicted octanol–water partition coefficient (Wildman–Crippen LogP) is 3.22. The van der Waals surface area contributed by atoms with Gasteiger partial charge in [-0.05, 0) is 37.1 Å². The van der Waals surface area contributed by atoms with Crippen molar-refractivity contribution in [3.8, 4) is 0 Å². The molecule has 1 saturated carbocycles. The lowest BCUT2D eigenvalue weighted by Gasteiger charge is -2.30. The van der Waals surface area contributed by atoms with E-state index in [-0.39, 0.29) is 10.9 Å². The van der Waals surface area contributed by atoms with Gasteiger partial charge in [0.1, 0.15) is 4.90 Å². The van der Waals surface area contributed by atoms with Gasteiger partial charge in [0.15, 0.2) is 0 Å². The van der Waals surface area contributed by atoms with Crippen LogP contribution in [0.4, 0.5) is 5.69 Å². The van der Waals surface area contributed by atoms with Gasteiger partial charge in [0.25, 0.3) is 10.0 Å². The summed E-state index contributed by atoms with van der Waals surface area (Å²) in [5.74, 6) is 0. The zero-order valence-corrected chi connectivity index (χ0v) is 12.5. The maximum Gasteiger partial charge on any atom is 0.266 e. The van der Waals surface area contributed by atoms with Crippen molar-refractivity contribution in [2.75, 3.05) is 4.31 Å². The van der Waals surface area contributed by atoms with Crippen LogP contribution < -0.4 is 4.31 Å². The number of benzene rings is 1. The number of nitrogens with zero attached hydrogens (tertiary/aromatic N) is 2.